The summed E-state index contributed by atoms with van der Waals surface area (Å²) in [7, 11) is 1.53. The predicted octanol–water partition coefficient (Wildman–Crippen LogP) is 4.33. The van der Waals surface area contributed by atoms with Crippen molar-refractivity contribution in [1.82, 2.24) is 9.88 Å². The van der Waals surface area contributed by atoms with E-state index in [1.54, 1.807) is 6.07 Å². The van der Waals surface area contributed by atoms with Gasteiger partial charge in [-0.25, -0.2) is 0 Å². The summed E-state index contributed by atoms with van der Waals surface area (Å²) in [6.45, 7) is 2.77. The molecule has 1 aliphatic rings. The highest BCUT2D eigenvalue weighted by molar-refractivity contribution is 9.10. The highest BCUT2D eigenvalue weighted by atomic mass is 79.9. The lowest BCUT2D eigenvalue weighted by Gasteiger charge is -2.34. The number of fused-ring (bicyclic) bond motifs is 3. The minimum atomic E-state index is -0.0475. The number of halogens is 3. The average molecular weight is 406 g/mol. The molecule has 1 N–H and O–H groups in total. The summed E-state index contributed by atoms with van der Waals surface area (Å²) in [4.78, 5) is 17.4. The molecule has 0 saturated heterocycles. The van der Waals surface area contributed by atoms with Crippen molar-refractivity contribution in [1.29, 1.82) is 0 Å². The van der Waals surface area contributed by atoms with Crippen LogP contribution in [0.2, 0.25) is 10.0 Å². The minimum Gasteiger partial charge on any atom is -0.375 e. The van der Waals surface area contributed by atoms with Gasteiger partial charge < -0.3 is 14.6 Å². The summed E-state index contributed by atoms with van der Waals surface area (Å²) < 4.78 is 5.85. The second kappa shape index (κ2) is 6.04. The van der Waals surface area contributed by atoms with Crippen molar-refractivity contribution in [3.05, 3.63) is 31.8 Å². The SMILES string of the molecule is COCC(=O)N1CCc2[nH]c3c(Cl)c(Cl)cc(Br)c3c2C1C. The van der Waals surface area contributed by atoms with E-state index in [-0.39, 0.29) is 18.6 Å². The van der Waals surface area contributed by atoms with Crippen molar-refractivity contribution in [2.75, 3.05) is 20.3 Å². The third kappa shape index (κ3) is 2.44. The molecule has 0 aliphatic carbocycles. The van der Waals surface area contributed by atoms with Crippen LogP contribution in [0.5, 0.6) is 0 Å². The quantitative estimate of drug-likeness (QED) is 0.755. The van der Waals surface area contributed by atoms with E-state index in [9.17, 15) is 4.79 Å². The van der Waals surface area contributed by atoms with Crippen LogP contribution in [0.3, 0.4) is 0 Å². The Morgan fingerprint density at radius 2 is 2.27 bits per heavy atom. The Balaban J connectivity index is 2.15. The number of carbonyl (C=O) groups is 1. The summed E-state index contributed by atoms with van der Waals surface area (Å²) in [5.74, 6) is -0.00816. The lowest BCUT2D eigenvalue weighted by atomic mass is 9.97. The number of H-pyrrole nitrogens is 1. The van der Waals surface area contributed by atoms with Gasteiger partial charge in [0.25, 0.3) is 0 Å². The molecule has 0 spiro atoms. The molecule has 1 aromatic carbocycles. The fourth-order valence-corrected chi connectivity index (χ4v) is 4.30. The Bertz CT molecular complexity index is 760. The number of carbonyl (C=O) groups excluding carboxylic acids is 1. The summed E-state index contributed by atoms with van der Waals surface area (Å²) >= 11 is 16.0. The topological polar surface area (TPSA) is 45.3 Å². The number of nitrogens with zero attached hydrogens (tertiary/aromatic N) is 1. The van der Waals surface area contributed by atoms with E-state index in [4.69, 9.17) is 27.9 Å². The normalized spacial score (nSPS) is 17.9. The number of benzene rings is 1. The van der Waals surface area contributed by atoms with E-state index in [0.29, 0.717) is 16.6 Å². The Labute approximate surface area is 146 Å². The first-order valence-electron chi connectivity index (χ1n) is 6.92. The van der Waals surface area contributed by atoms with Crippen molar-refractivity contribution in [2.45, 2.75) is 19.4 Å². The van der Waals surface area contributed by atoms with Crippen LogP contribution in [0.4, 0.5) is 0 Å². The van der Waals surface area contributed by atoms with Crippen molar-refractivity contribution in [3.63, 3.8) is 0 Å². The second-order valence-corrected chi connectivity index (χ2v) is 7.01. The molecule has 4 nitrogen and oxygen atoms in total. The second-order valence-electron chi connectivity index (χ2n) is 5.37. The van der Waals surface area contributed by atoms with Gasteiger partial charge in [0.1, 0.15) is 6.61 Å². The molecule has 1 amide bonds. The van der Waals surface area contributed by atoms with Gasteiger partial charge in [0.15, 0.2) is 0 Å². The smallest absolute Gasteiger partial charge is 0.249 e. The van der Waals surface area contributed by atoms with E-state index >= 15 is 0 Å². The van der Waals surface area contributed by atoms with Gasteiger partial charge in [-0.3, -0.25) is 4.79 Å². The molecular weight excluding hydrogens is 391 g/mol. The number of hydrogen-bond donors (Lipinski definition) is 1. The third-order valence-corrected chi connectivity index (χ3v) is 5.53. The fourth-order valence-electron chi connectivity index (χ4n) is 3.13. The van der Waals surface area contributed by atoms with Gasteiger partial charge in [-0.2, -0.15) is 0 Å². The number of aromatic nitrogens is 1. The van der Waals surface area contributed by atoms with Crippen LogP contribution in [0.15, 0.2) is 10.5 Å². The van der Waals surface area contributed by atoms with E-state index in [1.165, 1.54) is 7.11 Å². The molecule has 0 radical (unpaired) electrons. The van der Waals surface area contributed by atoms with Crippen molar-refractivity contribution in [3.8, 4) is 0 Å². The number of hydrogen-bond acceptors (Lipinski definition) is 2. The van der Waals surface area contributed by atoms with Crippen LogP contribution in [0.25, 0.3) is 10.9 Å². The first-order valence-corrected chi connectivity index (χ1v) is 8.47. The highest BCUT2D eigenvalue weighted by Gasteiger charge is 2.32. The maximum absolute atomic E-state index is 12.2. The number of nitrogens with one attached hydrogen (secondary N) is 1. The lowest BCUT2D eigenvalue weighted by Crippen LogP contribution is -2.40. The van der Waals surface area contributed by atoms with Gasteiger partial charge in [0.2, 0.25) is 5.91 Å². The number of ether oxygens (including phenoxy) is 1. The maximum Gasteiger partial charge on any atom is 0.249 e. The average Bonchev–Trinajstić information content (AvgIpc) is 2.86. The summed E-state index contributed by atoms with van der Waals surface area (Å²) in [5, 5.41) is 2.00. The molecule has 1 aliphatic heterocycles. The van der Waals surface area contributed by atoms with E-state index in [0.717, 1.165) is 33.1 Å². The van der Waals surface area contributed by atoms with Crippen molar-refractivity contribution >= 4 is 55.9 Å². The van der Waals surface area contributed by atoms with Crippen LogP contribution in [-0.2, 0) is 16.0 Å². The zero-order valence-electron chi connectivity index (χ0n) is 12.2. The molecule has 0 bridgehead atoms. The predicted molar refractivity (Wildman–Crippen MR) is 91.7 cm³/mol. The molecule has 1 unspecified atom stereocenters. The molecule has 1 aromatic heterocycles. The van der Waals surface area contributed by atoms with Crippen LogP contribution >= 0.6 is 39.1 Å². The maximum atomic E-state index is 12.2. The first kappa shape index (κ1) is 16.1. The standard InChI is InChI=1S/C15H15BrCl2N2O2/c1-7-12-10(3-4-20(7)11(21)6-22-2)19-15-13(12)8(16)5-9(17)14(15)18/h5,7,19H,3-4,6H2,1-2H3. The van der Waals surface area contributed by atoms with Gasteiger partial charge >= 0.3 is 0 Å². The summed E-state index contributed by atoms with van der Waals surface area (Å²) in [6.07, 6.45) is 0.754. The molecule has 2 heterocycles. The van der Waals surface area contributed by atoms with Gasteiger partial charge in [-0.1, -0.05) is 39.1 Å². The molecule has 0 fully saturated rings. The van der Waals surface area contributed by atoms with Crippen LogP contribution in [0, 0.1) is 0 Å². The van der Waals surface area contributed by atoms with E-state index < -0.39 is 0 Å². The summed E-state index contributed by atoms with van der Waals surface area (Å²) in [5.41, 5.74) is 3.02. The molecule has 118 valence electrons. The van der Waals surface area contributed by atoms with Gasteiger partial charge in [0.05, 0.1) is 21.6 Å². The minimum absolute atomic E-state index is 0.00816. The zero-order valence-corrected chi connectivity index (χ0v) is 15.3. The number of rotatable bonds is 2. The zero-order chi connectivity index (χ0) is 16.0. The Morgan fingerprint density at radius 1 is 1.55 bits per heavy atom. The summed E-state index contributed by atoms with van der Waals surface area (Å²) in [6, 6.07) is 1.75. The highest BCUT2D eigenvalue weighted by Crippen LogP contribution is 2.43. The van der Waals surface area contributed by atoms with E-state index in [2.05, 4.69) is 20.9 Å². The first-order chi connectivity index (χ1) is 10.5. The fraction of sp³-hybridized carbons (Fsp3) is 0.400. The molecular formula is C15H15BrCl2N2O2. The van der Waals surface area contributed by atoms with Gasteiger partial charge in [0, 0.05) is 41.2 Å². The number of methoxy groups -OCH3 is 1. The Hall–Kier alpha value is -0.750. The molecule has 22 heavy (non-hydrogen) atoms. The van der Waals surface area contributed by atoms with Crippen LogP contribution in [0.1, 0.15) is 24.2 Å². The van der Waals surface area contributed by atoms with E-state index in [1.807, 2.05) is 11.8 Å². The third-order valence-electron chi connectivity index (χ3n) is 4.12. The Morgan fingerprint density at radius 3 is 2.95 bits per heavy atom. The largest absolute Gasteiger partial charge is 0.375 e. The molecule has 0 saturated carbocycles. The monoisotopic (exact) mass is 404 g/mol. The van der Waals surface area contributed by atoms with Crippen molar-refractivity contribution in [2.24, 2.45) is 0 Å². The van der Waals surface area contributed by atoms with Crippen molar-refractivity contribution < 1.29 is 9.53 Å². The number of aromatic amines is 1. The number of amides is 1. The molecule has 7 heteroatoms. The van der Waals surface area contributed by atoms with Crippen LogP contribution < -0.4 is 0 Å². The molecule has 3 rings (SSSR count). The van der Waals surface area contributed by atoms with Gasteiger partial charge in [-0.05, 0) is 13.0 Å². The molecule has 1 atom stereocenters. The van der Waals surface area contributed by atoms with Crippen LogP contribution in [-0.4, -0.2) is 36.1 Å². The lowest BCUT2D eigenvalue weighted by molar-refractivity contribution is -0.137. The molecule has 2 aromatic rings. The van der Waals surface area contributed by atoms with Gasteiger partial charge in [-0.15, -0.1) is 0 Å². The Kier molecular flexibility index (Phi) is 4.42.